The first-order chi connectivity index (χ1) is 11.5. The third kappa shape index (κ3) is 1.47. The van der Waals surface area contributed by atoms with E-state index in [0.29, 0.717) is 12.8 Å². The molecule has 4 heteroatoms. The predicted octanol–water partition coefficient (Wildman–Crippen LogP) is 1.70. The summed E-state index contributed by atoms with van der Waals surface area (Å²) in [5.74, 6) is 0.924. The number of aryl methyl sites for hydroxylation is 1. The van der Waals surface area contributed by atoms with E-state index in [4.69, 9.17) is 4.74 Å². The summed E-state index contributed by atoms with van der Waals surface area (Å²) in [6.07, 6.45) is 4.02. The van der Waals surface area contributed by atoms with Gasteiger partial charge >= 0.3 is 0 Å². The van der Waals surface area contributed by atoms with Crippen LogP contribution in [0.15, 0.2) is 24.8 Å². The lowest BCUT2D eigenvalue weighted by Crippen LogP contribution is -2.77. The highest BCUT2D eigenvalue weighted by Crippen LogP contribution is 2.64. The molecule has 5 rings (SSSR count). The topological polar surface area (TPSA) is 52.9 Å². The Kier molecular flexibility index (Phi) is 2.88. The van der Waals surface area contributed by atoms with Crippen molar-refractivity contribution in [3.63, 3.8) is 0 Å². The van der Waals surface area contributed by atoms with Crippen molar-refractivity contribution in [2.24, 2.45) is 0 Å². The van der Waals surface area contributed by atoms with E-state index >= 15 is 0 Å². The van der Waals surface area contributed by atoms with Gasteiger partial charge < -0.3 is 14.9 Å². The van der Waals surface area contributed by atoms with Gasteiger partial charge in [0.15, 0.2) is 0 Å². The molecule has 1 saturated heterocycles. The predicted molar refractivity (Wildman–Crippen MR) is 91.3 cm³/mol. The number of benzene rings is 1. The minimum absolute atomic E-state index is 0.0732. The number of hydrogen-bond acceptors (Lipinski definition) is 4. The fourth-order valence-electron chi connectivity index (χ4n) is 6.14. The number of aliphatic hydroxyl groups is 2. The summed E-state index contributed by atoms with van der Waals surface area (Å²) >= 11 is 0. The quantitative estimate of drug-likeness (QED) is 0.812. The van der Waals surface area contributed by atoms with Crippen molar-refractivity contribution < 1.29 is 14.9 Å². The number of likely N-dealkylation sites (tertiary alicyclic amines) is 1. The Morgan fingerprint density at radius 3 is 3.04 bits per heavy atom. The van der Waals surface area contributed by atoms with Crippen LogP contribution in [0.5, 0.6) is 5.75 Å². The van der Waals surface area contributed by atoms with Crippen molar-refractivity contribution in [2.45, 2.75) is 61.9 Å². The molecule has 2 fully saturated rings. The molecular weight excluding hydrogens is 302 g/mol. The zero-order valence-electron chi connectivity index (χ0n) is 14.2. The van der Waals surface area contributed by atoms with Gasteiger partial charge in [-0.25, -0.2) is 0 Å². The van der Waals surface area contributed by atoms with Crippen molar-refractivity contribution in [1.29, 1.82) is 0 Å². The first kappa shape index (κ1) is 14.9. The van der Waals surface area contributed by atoms with E-state index in [1.165, 1.54) is 11.1 Å². The van der Waals surface area contributed by atoms with Gasteiger partial charge in [0.05, 0.1) is 17.1 Å². The highest BCUT2D eigenvalue weighted by atomic mass is 16.5. The van der Waals surface area contributed by atoms with E-state index < -0.39 is 17.1 Å². The number of aliphatic hydroxyl groups excluding tert-OH is 1. The van der Waals surface area contributed by atoms with Gasteiger partial charge in [-0.2, -0.15) is 0 Å². The fourth-order valence-corrected chi connectivity index (χ4v) is 6.14. The molecule has 1 spiro atoms. The second-order valence-corrected chi connectivity index (χ2v) is 8.04. The fraction of sp³-hybridized carbons (Fsp3) is 0.600. The summed E-state index contributed by atoms with van der Waals surface area (Å²) in [6, 6.07) is 4.39. The average Bonchev–Trinajstić information content (AvgIpc) is 2.91. The van der Waals surface area contributed by atoms with Gasteiger partial charge in [0.25, 0.3) is 0 Å². The van der Waals surface area contributed by atoms with Crippen molar-refractivity contribution in [3.8, 4) is 5.75 Å². The molecule has 24 heavy (non-hydrogen) atoms. The summed E-state index contributed by atoms with van der Waals surface area (Å²) in [4.78, 5) is 2.37. The summed E-state index contributed by atoms with van der Waals surface area (Å²) in [7, 11) is 0. The molecule has 5 atom stereocenters. The van der Waals surface area contributed by atoms with E-state index in [1.54, 1.807) is 0 Å². The first-order valence-electron chi connectivity index (χ1n) is 9.08. The van der Waals surface area contributed by atoms with Crippen molar-refractivity contribution >= 4 is 0 Å². The zero-order chi connectivity index (χ0) is 16.7. The number of ether oxygens (including phenoxy) is 1. The van der Waals surface area contributed by atoms with Crippen LogP contribution in [0, 0.1) is 6.92 Å². The van der Waals surface area contributed by atoms with Crippen LogP contribution >= 0.6 is 0 Å². The molecule has 1 unspecified atom stereocenters. The normalized spacial score (nSPS) is 42.4. The molecule has 1 aromatic carbocycles. The van der Waals surface area contributed by atoms with E-state index in [9.17, 15) is 10.2 Å². The van der Waals surface area contributed by atoms with Gasteiger partial charge in [-0.15, -0.1) is 6.58 Å². The number of piperidine rings is 1. The monoisotopic (exact) mass is 327 g/mol. The van der Waals surface area contributed by atoms with Crippen LogP contribution in [0.1, 0.15) is 36.0 Å². The Morgan fingerprint density at radius 2 is 2.25 bits per heavy atom. The Bertz CT molecular complexity index is 732. The summed E-state index contributed by atoms with van der Waals surface area (Å²) in [5, 5.41) is 22.7. The smallest absolute Gasteiger partial charge is 0.137 e. The van der Waals surface area contributed by atoms with Gasteiger partial charge in [0, 0.05) is 18.2 Å². The van der Waals surface area contributed by atoms with Gasteiger partial charge in [-0.1, -0.05) is 18.2 Å². The highest BCUT2D eigenvalue weighted by Gasteiger charge is 2.72. The van der Waals surface area contributed by atoms with Gasteiger partial charge in [-0.05, 0) is 50.3 Å². The third-order valence-corrected chi connectivity index (χ3v) is 7.12. The molecule has 2 aliphatic heterocycles. The van der Waals surface area contributed by atoms with Crippen LogP contribution in [-0.2, 0) is 11.8 Å². The molecule has 0 radical (unpaired) electrons. The minimum atomic E-state index is -0.829. The molecule has 2 N–H and O–H groups in total. The van der Waals surface area contributed by atoms with E-state index in [2.05, 4.69) is 30.5 Å². The molecule has 2 bridgehead atoms. The number of rotatable bonds is 2. The standard InChI is InChI=1S/C20H25NO3/c1-3-9-21-10-8-19-16-13-5-4-12(2)17(16)24-18(19)14(22)6-7-20(19,23)15(21)11-13/h3-5,14-15,18,22-23H,1,6-11H2,2H3/t14?,15-,18+,19+,20-/m0/s1. The van der Waals surface area contributed by atoms with Gasteiger partial charge in [0.2, 0.25) is 0 Å². The Morgan fingerprint density at radius 1 is 1.42 bits per heavy atom. The molecule has 4 aliphatic rings. The molecule has 1 aromatic rings. The maximum Gasteiger partial charge on any atom is 0.137 e. The lowest BCUT2D eigenvalue weighted by molar-refractivity contribution is -0.206. The van der Waals surface area contributed by atoms with Crippen molar-refractivity contribution in [1.82, 2.24) is 4.90 Å². The van der Waals surface area contributed by atoms with E-state index in [-0.39, 0.29) is 12.1 Å². The minimum Gasteiger partial charge on any atom is -0.486 e. The molecule has 0 aromatic heterocycles. The van der Waals surface area contributed by atoms with Gasteiger partial charge in [0.1, 0.15) is 11.9 Å². The molecule has 2 heterocycles. The molecule has 4 nitrogen and oxygen atoms in total. The molecular formula is C20H25NO3. The Balaban J connectivity index is 1.78. The zero-order valence-corrected chi connectivity index (χ0v) is 14.2. The van der Waals surface area contributed by atoms with Crippen molar-refractivity contribution in [2.75, 3.05) is 13.1 Å². The van der Waals surface area contributed by atoms with Gasteiger partial charge in [-0.3, -0.25) is 4.90 Å². The van der Waals surface area contributed by atoms with Crippen LogP contribution in [-0.4, -0.2) is 52.1 Å². The SMILES string of the molecule is C=CCN1CC[C@@]23c4c5ccc(C)c4O[C@@H]2C(O)CC[C@]3(O)[C@@H]1C5. The van der Waals surface area contributed by atoms with Crippen LogP contribution in [0.4, 0.5) is 0 Å². The maximum atomic E-state index is 12.0. The second kappa shape index (κ2) is 4.63. The van der Waals surface area contributed by atoms with Crippen molar-refractivity contribution in [3.05, 3.63) is 41.5 Å². The summed E-state index contributed by atoms with van der Waals surface area (Å²) < 4.78 is 6.33. The highest BCUT2D eigenvalue weighted by molar-refractivity contribution is 5.60. The van der Waals surface area contributed by atoms with Crippen LogP contribution in [0.2, 0.25) is 0 Å². The maximum absolute atomic E-state index is 12.0. The third-order valence-electron chi connectivity index (χ3n) is 7.12. The molecule has 1 saturated carbocycles. The van der Waals surface area contributed by atoms with E-state index in [1.807, 2.05) is 6.08 Å². The van der Waals surface area contributed by atoms with Crippen LogP contribution < -0.4 is 4.74 Å². The first-order valence-corrected chi connectivity index (χ1v) is 9.08. The van der Waals surface area contributed by atoms with Crippen LogP contribution in [0.25, 0.3) is 0 Å². The summed E-state index contributed by atoms with van der Waals surface area (Å²) in [5.41, 5.74) is 2.31. The average molecular weight is 327 g/mol. The number of hydrogen-bond donors (Lipinski definition) is 2. The lowest BCUT2D eigenvalue weighted by Gasteiger charge is -2.63. The van der Waals surface area contributed by atoms with Crippen LogP contribution in [0.3, 0.4) is 0 Å². The Labute approximate surface area is 142 Å². The largest absolute Gasteiger partial charge is 0.486 e. The molecule has 2 aliphatic carbocycles. The Hall–Kier alpha value is -1.36. The second-order valence-electron chi connectivity index (χ2n) is 8.04. The number of nitrogens with zero attached hydrogens (tertiary/aromatic N) is 1. The summed E-state index contributed by atoms with van der Waals surface area (Å²) in [6.45, 7) is 7.67. The molecule has 0 amide bonds. The molecule has 128 valence electrons. The lowest BCUT2D eigenvalue weighted by atomic mass is 9.48. The van der Waals surface area contributed by atoms with E-state index in [0.717, 1.165) is 37.2 Å².